The standard InChI is InChI=1S/C42H50N6O5S/c1-4-46-24-31-21-30(46)25-47(31)42(50)36-22-43-45(2)39(36)29-18-28-19-32(53-3)15-17-34(28)40-38(26-10-6-5-7-11-26)35-16-14-27(20-37(35)48(40)23-29)41(49)44-54(51,52)33-12-8-9-13-33/h14-20,22,26,30-31,33H,4-13,21,23-25H2,1-3H3,(H,44,49)/t30-,31+/m0/s1. The molecule has 11 nitrogen and oxygen atoms in total. The Kier molecular flexibility index (Phi) is 8.96. The number of ether oxygens (including phenoxy) is 1. The summed E-state index contributed by atoms with van der Waals surface area (Å²) in [5.74, 6) is 0.485. The Balaban J connectivity index is 1.19. The monoisotopic (exact) mass is 750 g/mol. The zero-order valence-corrected chi connectivity index (χ0v) is 32.3. The van der Waals surface area contributed by atoms with Crippen LogP contribution in [0.3, 0.4) is 0 Å². The molecule has 2 bridgehead atoms. The summed E-state index contributed by atoms with van der Waals surface area (Å²) in [5.41, 5.74) is 7.89. The number of benzene rings is 2. The van der Waals surface area contributed by atoms with E-state index in [-0.39, 0.29) is 11.9 Å². The summed E-state index contributed by atoms with van der Waals surface area (Å²) in [5, 5.41) is 5.21. The average Bonchev–Trinajstić information content (AvgIpc) is 4.03. The third-order valence-corrected chi connectivity index (χ3v) is 14.8. The number of amides is 2. The minimum atomic E-state index is -3.79. The number of carbonyl (C=O) groups excluding carboxylic acids is 2. The van der Waals surface area contributed by atoms with Crippen LogP contribution in [0.15, 0.2) is 42.6 Å². The maximum Gasteiger partial charge on any atom is 0.264 e. The van der Waals surface area contributed by atoms with Crippen LogP contribution < -0.4 is 9.46 Å². The van der Waals surface area contributed by atoms with Gasteiger partial charge < -0.3 is 14.2 Å². The summed E-state index contributed by atoms with van der Waals surface area (Å²) in [6.07, 6.45) is 13.4. The van der Waals surface area contributed by atoms with Crippen LogP contribution >= 0.6 is 0 Å². The fraction of sp³-hybridized carbons (Fsp3) is 0.500. The molecule has 2 aromatic carbocycles. The topological polar surface area (TPSA) is 119 Å². The summed E-state index contributed by atoms with van der Waals surface area (Å²) < 4.78 is 38.7. The minimum absolute atomic E-state index is 0.0141. The van der Waals surface area contributed by atoms with E-state index in [2.05, 4.69) is 44.4 Å². The number of likely N-dealkylation sites (tertiary alicyclic amines) is 2. The number of piperazine rings is 1. The smallest absolute Gasteiger partial charge is 0.264 e. The molecule has 3 aliphatic heterocycles. The maximum atomic E-state index is 14.4. The second-order valence-corrected chi connectivity index (χ2v) is 18.0. The number of fused-ring (bicyclic) bond motifs is 7. The molecule has 9 rings (SSSR count). The molecule has 12 heteroatoms. The van der Waals surface area contributed by atoms with Crippen LogP contribution in [0.5, 0.6) is 5.75 Å². The van der Waals surface area contributed by atoms with Crippen LogP contribution in [0.4, 0.5) is 0 Å². The molecule has 2 saturated carbocycles. The zero-order valence-electron chi connectivity index (χ0n) is 31.5. The van der Waals surface area contributed by atoms with Crippen LogP contribution in [0, 0.1) is 0 Å². The van der Waals surface area contributed by atoms with Gasteiger partial charge in [0.25, 0.3) is 11.8 Å². The van der Waals surface area contributed by atoms with Gasteiger partial charge in [-0.1, -0.05) is 45.1 Å². The summed E-state index contributed by atoms with van der Waals surface area (Å²) in [7, 11) is -0.217. The first-order valence-corrected chi connectivity index (χ1v) is 21.4. The predicted octanol–water partition coefficient (Wildman–Crippen LogP) is 6.57. The Morgan fingerprint density at radius 2 is 1.72 bits per heavy atom. The highest BCUT2D eigenvalue weighted by atomic mass is 32.2. The van der Waals surface area contributed by atoms with Crippen LogP contribution in [0.1, 0.15) is 115 Å². The lowest BCUT2D eigenvalue weighted by Gasteiger charge is -2.33. The quantitative estimate of drug-likeness (QED) is 0.216. The highest BCUT2D eigenvalue weighted by Gasteiger charge is 2.45. The summed E-state index contributed by atoms with van der Waals surface area (Å²) >= 11 is 0. The van der Waals surface area contributed by atoms with Gasteiger partial charge in [-0.2, -0.15) is 5.10 Å². The summed E-state index contributed by atoms with van der Waals surface area (Å²) in [6, 6.07) is 12.5. The second-order valence-electron chi connectivity index (χ2n) is 16.0. The Hall–Kier alpha value is -4.42. The van der Waals surface area contributed by atoms with Crippen LogP contribution in [0.2, 0.25) is 0 Å². The molecular formula is C42H50N6O5S. The van der Waals surface area contributed by atoms with Crippen molar-refractivity contribution < 1.29 is 22.7 Å². The molecule has 284 valence electrons. The number of allylic oxidation sites excluding steroid dienone is 1. The number of nitrogens with one attached hydrogen (secondary N) is 1. The molecule has 4 fully saturated rings. The van der Waals surface area contributed by atoms with Gasteiger partial charge in [-0.05, 0) is 97.7 Å². The molecule has 5 aliphatic rings. The van der Waals surface area contributed by atoms with Crippen molar-refractivity contribution in [3.05, 3.63) is 70.5 Å². The fourth-order valence-electron chi connectivity index (χ4n) is 10.3. The molecule has 2 atom stereocenters. The van der Waals surface area contributed by atoms with Gasteiger partial charge in [0.05, 0.1) is 42.1 Å². The van der Waals surface area contributed by atoms with Gasteiger partial charge >= 0.3 is 0 Å². The molecule has 54 heavy (non-hydrogen) atoms. The number of hydrogen-bond acceptors (Lipinski definition) is 7. The van der Waals surface area contributed by atoms with Crippen molar-refractivity contribution in [2.45, 2.75) is 101 Å². The van der Waals surface area contributed by atoms with Crippen molar-refractivity contribution in [3.8, 4) is 17.0 Å². The summed E-state index contributed by atoms with van der Waals surface area (Å²) in [6.45, 7) is 5.23. The number of nitrogens with zero attached hydrogens (tertiary/aromatic N) is 5. The number of carbonyl (C=O) groups is 2. The Morgan fingerprint density at radius 1 is 0.944 bits per heavy atom. The molecule has 2 saturated heterocycles. The van der Waals surface area contributed by atoms with E-state index in [1.54, 1.807) is 19.4 Å². The molecule has 1 N–H and O–H groups in total. The number of sulfonamides is 1. The zero-order chi connectivity index (χ0) is 37.3. The van der Waals surface area contributed by atoms with Crippen molar-refractivity contribution in [1.82, 2.24) is 28.9 Å². The maximum absolute atomic E-state index is 14.4. The van der Waals surface area contributed by atoms with Gasteiger partial charge in [0.1, 0.15) is 5.75 Å². The second kappa shape index (κ2) is 13.7. The van der Waals surface area contributed by atoms with Crippen molar-refractivity contribution in [1.29, 1.82) is 0 Å². The van der Waals surface area contributed by atoms with Gasteiger partial charge in [0.15, 0.2) is 0 Å². The lowest BCUT2D eigenvalue weighted by Crippen LogP contribution is -2.48. The number of aryl methyl sites for hydroxylation is 1. The molecular weight excluding hydrogens is 701 g/mol. The molecule has 2 aliphatic carbocycles. The van der Waals surface area contributed by atoms with E-state index in [1.165, 1.54) is 12.0 Å². The highest BCUT2D eigenvalue weighted by molar-refractivity contribution is 7.90. The minimum Gasteiger partial charge on any atom is -0.497 e. The SMILES string of the molecule is CCN1C[C@H]2C[C@H]1CN2C(=O)c1cnn(C)c1C1=Cc2cc(OC)ccc2-c2c(C3CCCCC3)c3ccc(C(=O)NS(=O)(=O)C4CCCC4)cc3n2C1. The van der Waals surface area contributed by atoms with Gasteiger partial charge in [0.2, 0.25) is 10.0 Å². The van der Waals surface area contributed by atoms with Crippen LogP contribution in [0.25, 0.3) is 33.8 Å². The molecule has 2 aromatic heterocycles. The van der Waals surface area contributed by atoms with E-state index in [0.717, 1.165) is 109 Å². The number of aromatic nitrogens is 3. The molecule has 0 unspecified atom stereocenters. The number of rotatable bonds is 8. The lowest BCUT2D eigenvalue weighted by molar-refractivity contribution is 0.0630. The number of likely N-dealkylation sites (N-methyl/N-ethyl adjacent to an activating group) is 1. The van der Waals surface area contributed by atoms with Crippen molar-refractivity contribution >= 4 is 44.4 Å². The molecule has 4 aromatic rings. The van der Waals surface area contributed by atoms with Crippen molar-refractivity contribution in [3.63, 3.8) is 0 Å². The third kappa shape index (κ3) is 5.87. The van der Waals surface area contributed by atoms with Crippen molar-refractivity contribution in [2.24, 2.45) is 7.05 Å². The van der Waals surface area contributed by atoms with E-state index < -0.39 is 21.2 Å². The number of hydrogen-bond donors (Lipinski definition) is 1. The van der Waals surface area contributed by atoms with E-state index in [0.29, 0.717) is 42.5 Å². The highest BCUT2D eigenvalue weighted by Crippen LogP contribution is 2.48. The first kappa shape index (κ1) is 35.3. The normalized spacial score (nSPS) is 22.0. The van der Waals surface area contributed by atoms with E-state index >= 15 is 0 Å². The van der Waals surface area contributed by atoms with Gasteiger partial charge in [-0.15, -0.1) is 0 Å². The molecule has 0 spiro atoms. The molecule has 2 amide bonds. The average molecular weight is 751 g/mol. The predicted molar refractivity (Wildman–Crippen MR) is 210 cm³/mol. The van der Waals surface area contributed by atoms with Crippen molar-refractivity contribution in [2.75, 3.05) is 26.7 Å². The van der Waals surface area contributed by atoms with E-state index in [4.69, 9.17) is 4.74 Å². The van der Waals surface area contributed by atoms with Gasteiger partial charge in [-0.3, -0.25) is 19.2 Å². The molecule has 5 heterocycles. The third-order valence-electron chi connectivity index (χ3n) is 13.0. The Morgan fingerprint density at radius 3 is 2.44 bits per heavy atom. The van der Waals surface area contributed by atoms with E-state index in [9.17, 15) is 18.0 Å². The first-order chi connectivity index (χ1) is 26.1. The first-order valence-electron chi connectivity index (χ1n) is 19.8. The Labute approximate surface area is 317 Å². The van der Waals surface area contributed by atoms with Crippen LogP contribution in [-0.4, -0.2) is 88.5 Å². The Bertz CT molecular complexity index is 2290. The van der Waals surface area contributed by atoms with Gasteiger partial charge in [-0.25, -0.2) is 13.1 Å². The number of methoxy groups -OCH3 is 1. The fourth-order valence-corrected chi connectivity index (χ4v) is 11.8. The van der Waals surface area contributed by atoms with Gasteiger partial charge in [0, 0.05) is 54.3 Å². The lowest BCUT2D eigenvalue weighted by atomic mass is 9.81. The van der Waals surface area contributed by atoms with E-state index in [1.807, 2.05) is 34.8 Å². The largest absolute Gasteiger partial charge is 0.497 e. The summed E-state index contributed by atoms with van der Waals surface area (Å²) in [4.78, 5) is 32.7. The molecule has 0 radical (unpaired) electrons. The van der Waals surface area contributed by atoms with Crippen LogP contribution in [-0.2, 0) is 23.6 Å².